The Morgan fingerprint density at radius 3 is 2.38 bits per heavy atom. The van der Waals surface area contributed by atoms with Gasteiger partial charge in [-0.25, -0.2) is 14.0 Å². The van der Waals surface area contributed by atoms with E-state index in [0.717, 1.165) is 23.8 Å². The number of hydrogen-bond donors (Lipinski definition) is 3. The number of carboxylic acids is 1. The summed E-state index contributed by atoms with van der Waals surface area (Å²) in [5.74, 6) is -2.49. The second-order valence-electron chi connectivity index (χ2n) is 8.97. The number of aryl methyl sites for hydroxylation is 1. The smallest absolute Gasteiger partial charge is 0.389 e. The summed E-state index contributed by atoms with van der Waals surface area (Å²) in [6, 6.07) is 12.5. The molecule has 0 bridgehead atoms. The van der Waals surface area contributed by atoms with Gasteiger partial charge in [-0.3, -0.25) is 0 Å². The molecule has 194 valence electrons. The Morgan fingerprint density at radius 2 is 1.73 bits per heavy atom. The van der Waals surface area contributed by atoms with Crippen molar-refractivity contribution in [3.8, 4) is 16.9 Å². The Labute approximate surface area is 210 Å². The molecule has 0 saturated carbocycles. The molecule has 4 rings (SSSR count). The number of ether oxygens (including phenoxy) is 1. The number of rotatable bonds is 6. The zero-order valence-corrected chi connectivity index (χ0v) is 19.9. The fourth-order valence-electron chi connectivity index (χ4n) is 4.40. The van der Waals surface area contributed by atoms with E-state index < -0.39 is 42.4 Å². The van der Waals surface area contributed by atoms with Crippen molar-refractivity contribution in [3.05, 3.63) is 77.1 Å². The maximum Gasteiger partial charge on any atom is 0.389 e. The van der Waals surface area contributed by atoms with Crippen molar-refractivity contribution in [2.75, 3.05) is 10.6 Å². The molecule has 1 aliphatic rings. The number of urea groups is 1. The van der Waals surface area contributed by atoms with Crippen molar-refractivity contribution >= 4 is 23.4 Å². The zero-order chi connectivity index (χ0) is 26.9. The first-order chi connectivity index (χ1) is 17.4. The number of halogens is 4. The van der Waals surface area contributed by atoms with Gasteiger partial charge in [0.2, 0.25) is 0 Å². The maximum absolute atomic E-state index is 14.1. The van der Waals surface area contributed by atoms with Crippen molar-refractivity contribution in [2.24, 2.45) is 0 Å². The van der Waals surface area contributed by atoms with Crippen LogP contribution in [0.15, 0.2) is 54.6 Å². The van der Waals surface area contributed by atoms with Gasteiger partial charge in [0, 0.05) is 23.6 Å². The summed E-state index contributed by atoms with van der Waals surface area (Å²) in [4.78, 5) is 24.6. The molecule has 37 heavy (non-hydrogen) atoms. The quantitative estimate of drug-likeness (QED) is 0.299. The highest BCUT2D eigenvalue weighted by molar-refractivity contribution is 6.02. The number of anilines is 2. The van der Waals surface area contributed by atoms with Crippen molar-refractivity contribution in [2.45, 2.75) is 44.9 Å². The minimum Gasteiger partial charge on any atom is -0.488 e. The SMILES string of the molecule is Cc1ccc(NC(=O)Nc2cc(-c3cc(F)ccc3C(=O)O)cc3c2O[C@@H](C)[C@H]3CCC(F)(F)F)cc1. The number of carbonyl (C=O) groups excluding carboxylic acids is 1. The molecule has 3 aromatic carbocycles. The van der Waals surface area contributed by atoms with Crippen LogP contribution in [0.25, 0.3) is 11.1 Å². The number of fused-ring (bicyclic) bond motifs is 1. The molecule has 3 aromatic rings. The van der Waals surface area contributed by atoms with Crippen LogP contribution in [0.2, 0.25) is 0 Å². The molecule has 2 atom stereocenters. The van der Waals surface area contributed by atoms with Crippen LogP contribution in [0, 0.1) is 12.7 Å². The summed E-state index contributed by atoms with van der Waals surface area (Å²) in [6.45, 7) is 3.52. The summed E-state index contributed by atoms with van der Waals surface area (Å²) in [5, 5.41) is 14.9. The molecule has 0 aliphatic carbocycles. The zero-order valence-electron chi connectivity index (χ0n) is 19.9. The van der Waals surface area contributed by atoms with Crippen LogP contribution in [0.4, 0.5) is 33.7 Å². The Hall–Kier alpha value is -4.08. The van der Waals surface area contributed by atoms with Gasteiger partial charge in [-0.1, -0.05) is 17.7 Å². The lowest BCUT2D eigenvalue weighted by molar-refractivity contribution is -0.136. The van der Waals surface area contributed by atoms with Gasteiger partial charge in [0.05, 0.1) is 11.3 Å². The molecular formula is C27H24F4N2O4. The molecule has 0 fully saturated rings. The van der Waals surface area contributed by atoms with Crippen molar-refractivity contribution in [1.82, 2.24) is 0 Å². The van der Waals surface area contributed by atoms with Crippen LogP contribution < -0.4 is 15.4 Å². The largest absolute Gasteiger partial charge is 0.488 e. The first-order valence-electron chi connectivity index (χ1n) is 11.5. The third-order valence-electron chi connectivity index (χ3n) is 6.21. The van der Waals surface area contributed by atoms with Crippen molar-refractivity contribution in [3.63, 3.8) is 0 Å². The van der Waals surface area contributed by atoms with Crippen molar-refractivity contribution < 1.29 is 37.0 Å². The fourth-order valence-corrected chi connectivity index (χ4v) is 4.40. The normalized spacial score (nSPS) is 16.6. The lowest BCUT2D eigenvalue weighted by Crippen LogP contribution is -2.20. The number of nitrogens with one attached hydrogen (secondary N) is 2. The minimum absolute atomic E-state index is 0.0198. The fraction of sp³-hybridized carbons (Fsp3) is 0.259. The van der Waals surface area contributed by atoms with Crippen LogP contribution in [0.3, 0.4) is 0 Å². The van der Waals surface area contributed by atoms with Crippen LogP contribution in [-0.4, -0.2) is 29.4 Å². The second kappa shape index (κ2) is 10.1. The first-order valence-corrected chi connectivity index (χ1v) is 11.5. The van der Waals surface area contributed by atoms with E-state index in [0.29, 0.717) is 11.3 Å². The number of benzene rings is 3. The Balaban J connectivity index is 1.77. The predicted molar refractivity (Wildman–Crippen MR) is 131 cm³/mol. The lowest BCUT2D eigenvalue weighted by atomic mass is 9.88. The van der Waals surface area contributed by atoms with Crippen LogP contribution >= 0.6 is 0 Å². The Kier molecular flexibility index (Phi) is 7.11. The number of hydrogen-bond acceptors (Lipinski definition) is 3. The summed E-state index contributed by atoms with van der Waals surface area (Å²) in [5.41, 5.74) is 2.04. The molecule has 0 saturated heterocycles. The molecule has 1 aliphatic heterocycles. The van der Waals surface area contributed by atoms with E-state index in [9.17, 15) is 32.3 Å². The first kappa shape index (κ1) is 26.0. The number of aromatic carboxylic acids is 1. The van der Waals surface area contributed by atoms with Gasteiger partial charge in [-0.05, 0) is 73.9 Å². The Morgan fingerprint density at radius 1 is 1.03 bits per heavy atom. The molecule has 1 heterocycles. The molecular weight excluding hydrogens is 492 g/mol. The number of carbonyl (C=O) groups is 2. The van der Waals surface area contributed by atoms with Gasteiger partial charge in [-0.15, -0.1) is 0 Å². The van der Waals surface area contributed by atoms with E-state index in [2.05, 4.69) is 10.6 Å². The molecule has 0 spiro atoms. The van der Waals surface area contributed by atoms with Gasteiger partial charge < -0.3 is 20.5 Å². The summed E-state index contributed by atoms with van der Waals surface area (Å²) < 4.78 is 59.0. The third kappa shape index (κ3) is 6.02. The number of alkyl halides is 3. The number of carboxylic acid groups (broad SMARTS) is 1. The van der Waals surface area contributed by atoms with E-state index in [4.69, 9.17) is 4.74 Å². The maximum atomic E-state index is 14.1. The monoisotopic (exact) mass is 516 g/mol. The molecule has 0 radical (unpaired) electrons. The summed E-state index contributed by atoms with van der Waals surface area (Å²) in [7, 11) is 0. The van der Waals surface area contributed by atoms with E-state index in [1.807, 2.05) is 6.92 Å². The second-order valence-corrected chi connectivity index (χ2v) is 8.97. The highest BCUT2D eigenvalue weighted by Gasteiger charge is 2.37. The Bertz CT molecular complexity index is 1340. The molecule has 0 unspecified atom stereocenters. The van der Waals surface area contributed by atoms with Gasteiger partial charge in [0.15, 0.2) is 0 Å². The van der Waals surface area contributed by atoms with E-state index in [1.165, 1.54) is 12.1 Å². The van der Waals surface area contributed by atoms with E-state index >= 15 is 0 Å². The van der Waals surface area contributed by atoms with Crippen LogP contribution in [0.5, 0.6) is 5.75 Å². The van der Waals surface area contributed by atoms with E-state index in [1.54, 1.807) is 31.2 Å². The minimum atomic E-state index is -4.38. The summed E-state index contributed by atoms with van der Waals surface area (Å²) in [6.07, 6.45) is -6.34. The molecule has 0 aromatic heterocycles. The molecule has 2 amide bonds. The predicted octanol–water partition coefficient (Wildman–Crippen LogP) is 7.35. The molecule has 6 nitrogen and oxygen atoms in total. The highest BCUT2D eigenvalue weighted by atomic mass is 19.4. The third-order valence-corrected chi connectivity index (χ3v) is 6.21. The van der Waals surface area contributed by atoms with Gasteiger partial charge in [-0.2, -0.15) is 13.2 Å². The summed E-state index contributed by atoms with van der Waals surface area (Å²) >= 11 is 0. The average molecular weight is 516 g/mol. The molecule has 3 N–H and O–H groups in total. The topological polar surface area (TPSA) is 87.7 Å². The van der Waals surface area contributed by atoms with Crippen LogP contribution in [0.1, 0.15) is 47.2 Å². The number of amides is 2. The van der Waals surface area contributed by atoms with Gasteiger partial charge in [0.1, 0.15) is 17.7 Å². The van der Waals surface area contributed by atoms with Crippen molar-refractivity contribution in [1.29, 1.82) is 0 Å². The van der Waals surface area contributed by atoms with Gasteiger partial charge >= 0.3 is 18.2 Å². The van der Waals surface area contributed by atoms with Crippen LogP contribution in [-0.2, 0) is 0 Å². The lowest BCUT2D eigenvalue weighted by Gasteiger charge is -2.17. The molecule has 10 heteroatoms. The van der Waals surface area contributed by atoms with E-state index in [-0.39, 0.29) is 34.5 Å². The van der Waals surface area contributed by atoms with Gasteiger partial charge in [0.25, 0.3) is 0 Å². The average Bonchev–Trinajstić information content (AvgIpc) is 3.13. The standard InChI is InChI=1S/C27H24F4N2O4/c1-14-3-6-18(7-4-14)32-26(36)33-23-12-16(21-13-17(28)5-8-20(21)25(34)35)11-22-19(9-10-27(29,30)31)15(2)37-24(22)23/h3-8,11-13,15,19H,9-10H2,1-2H3,(H,34,35)(H2,32,33,36)/t15-,19+/m0/s1. The highest BCUT2D eigenvalue weighted by Crippen LogP contribution is 2.48.